The molecule has 0 unspecified atom stereocenters. The molecule has 1 aliphatic heterocycles. The Labute approximate surface area is 154 Å². The van der Waals surface area contributed by atoms with Crippen molar-refractivity contribution in [1.82, 2.24) is 9.80 Å². The molecular weight excluding hydrogens is 330 g/mol. The van der Waals surface area contributed by atoms with Gasteiger partial charge in [-0.05, 0) is 36.4 Å². The lowest BCUT2D eigenvalue weighted by Crippen LogP contribution is -2.49. The maximum atomic E-state index is 12.2. The van der Waals surface area contributed by atoms with Crippen molar-refractivity contribution >= 4 is 11.6 Å². The summed E-state index contributed by atoms with van der Waals surface area (Å²) in [4.78, 5) is 16.6. The molecule has 138 valence electrons. The SMILES string of the molecule is O=C(CN1CCN(CCO)CC1)Nc1ccc(Oc2ccccc2)cc1. The van der Waals surface area contributed by atoms with Gasteiger partial charge in [0.25, 0.3) is 0 Å². The summed E-state index contributed by atoms with van der Waals surface area (Å²) in [7, 11) is 0. The number of anilines is 1. The number of amides is 1. The molecule has 0 atom stereocenters. The molecule has 1 fully saturated rings. The number of aliphatic hydroxyl groups is 1. The number of hydrogen-bond acceptors (Lipinski definition) is 5. The molecule has 0 radical (unpaired) electrons. The van der Waals surface area contributed by atoms with Gasteiger partial charge in [-0.25, -0.2) is 0 Å². The van der Waals surface area contributed by atoms with Crippen molar-refractivity contribution in [3.05, 3.63) is 54.6 Å². The van der Waals surface area contributed by atoms with Crippen molar-refractivity contribution in [2.24, 2.45) is 0 Å². The Kier molecular flexibility index (Phi) is 6.60. The van der Waals surface area contributed by atoms with Gasteiger partial charge in [0.2, 0.25) is 5.91 Å². The standard InChI is InChI=1S/C20H25N3O3/c24-15-14-22-10-12-23(13-11-22)16-20(25)21-17-6-8-19(9-7-17)26-18-4-2-1-3-5-18/h1-9,24H,10-16H2,(H,21,25). The number of aliphatic hydroxyl groups excluding tert-OH is 1. The summed E-state index contributed by atoms with van der Waals surface area (Å²) >= 11 is 0. The number of para-hydroxylation sites is 1. The van der Waals surface area contributed by atoms with Crippen molar-refractivity contribution in [3.63, 3.8) is 0 Å². The highest BCUT2D eigenvalue weighted by Crippen LogP contribution is 2.22. The van der Waals surface area contributed by atoms with Gasteiger partial charge in [-0.15, -0.1) is 0 Å². The summed E-state index contributed by atoms with van der Waals surface area (Å²) in [6, 6.07) is 17.0. The average Bonchev–Trinajstić information content (AvgIpc) is 2.66. The highest BCUT2D eigenvalue weighted by molar-refractivity contribution is 5.92. The lowest BCUT2D eigenvalue weighted by Gasteiger charge is -2.33. The number of ether oxygens (including phenoxy) is 1. The molecule has 0 aromatic heterocycles. The van der Waals surface area contributed by atoms with Gasteiger partial charge in [0, 0.05) is 38.4 Å². The first-order chi connectivity index (χ1) is 12.7. The number of benzene rings is 2. The van der Waals surface area contributed by atoms with Gasteiger partial charge in [0.15, 0.2) is 0 Å². The molecule has 1 amide bonds. The van der Waals surface area contributed by atoms with E-state index < -0.39 is 0 Å². The Bertz CT molecular complexity index is 683. The topological polar surface area (TPSA) is 65.0 Å². The van der Waals surface area contributed by atoms with E-state index >= 15 is 0 Å². The molecule has 6 nitrogen and oxygen atoms in total. The zero-order chi connectivity index (χ0) is 18.2. The summed E-state index contributed by atoms with van der Waals surface area (Å²) in [5.41, 5.74) is 0.759. The lowest BCUT2D eigenvalue weighted by atomic mass is 10.2. The minimum atomic E-state index is -0.0164. The Balaban J connectivity index is 1.44. The molecule has 26 heavy (non-hydrogen) atoms. The van der Waals surface area contributed by atoms with Crippen molar-refractivity contribution in [2.75, 3.05) is 51.2 Å². The zero-order valence-electron chi connectivity index (χ0n) is 14.8. The number of nitrogens with one attached hydrogen (secondary N) is 1. The Hall–Kier alpha value is -2.41. The second kappa shape index (κ2) is 9.33. The molecule has 3 rings (SSSR count). The highest BCUT2D eigenvalue weighted by Gasteiger charge is 2.18. The first-order valence-electron chi connectivity index (χ1n) is 8.91. The zero-order valence-corrected chi connectivity index (χ0v) is 14.8. The van der Waals surface area contributed by atoms with Crippen molar-refractivity contribution < 1.29 is 14.6 Å². The van der Waals surface area contributed by atoms with E-state index in [0.717, 1.165) is 43.4 Å². The van der Waals surface area contributed by atoms with E-state index in [1.54, 1.807) is 0 Å². The predicted molar refractivity (Wildman–Crippen MR) is 102 cm³/mol. The van der Waals surface area contributed by atoms with Crippen LogP contribution in [-0.2, 0) is 4.79 Å². The first kappa shape index (κ1) is 18.4. The van der Waals surface area contributed by atoms with E-state index in [2.05, 4.69) is 15.1 Å². The number of nitrogens with zero attached hydrogens (tertiary/aromatic N) is 2. The van der Waals surface area contributed by atoms with E-state index in [9.17, 15) is 4.79 Å². The monoisotopic (exact) mass is 355 g/mol. The summed E-state index contributed by atoms with van der Waals surface area (Å²) in [6.07, 6.45) is 0. The summed E-state index contributed by atoms with van der Waals surface area (Å²) in [6.45, 7) is 4.74. The van der Waals surface area contributed by atoms with Gasteiger partial charge in [-0.1, -0.05) is 18.2 Å². The third kappa shape index (κ3) is 5.56. The van der Waals surface area contributed by atoms with Gasteiger partial charge in [0.05, 0.1) is 13.2 Å². The fourth-order valence-corrected chi connectivity index (χ4v) is 2.95. The van der Waals surface area contributed by atoms with E-state index in [4.69, 9.17) is 9.84 Å². The largest absolute Gasteiger partial charge is 0.457 e. The van der Waals surface area contributed by atoms with Crippen molar-refractivity contribution in [2.45, 2.75) is 0 Å². The number of β-amino-alcohol motifs (C(OH)–C–C–N with tert-alkyl or cyclic N) is 1. The fraction of sp³-hybridized carbons (Fsp3) is 0.350. The normalized spacial score (nSPS) is 15.6. The molecule has 0 saturated carbocycles. The molecular formula is C20H25N3O3. The maximum Gasteiger partial charge on any atom is 0.238 e. The van der Waals surface area contributed by atoms with Crippen LogP contribution in [0, 0.1) is 0 Å². The highest BCUT2D eigenvalue weighted by atomic mass is 16.5. The third-order valence-corrected chi connectivity index (χ3v) is 4.37. The molecule has 0 spiro atoms. The van der Waals surface area contributed by atoms with E-state index in [0.29, 0.717) is 13.1 Å². The number of piperazine rings is 1. The summed E-state index contributed by atoms with van der Waals surface area (Å²) < 4.78 is 5.75. The van der Waals surface area contributed by atoms with Crippen LogP contribution in [0.1, 0.15) is 0 Å². The van der Waals surface area contributed by atoms with E-state index in [-0.39, 0.29) is 12.5 Å². The van der Waals surface area contributed by atoms with Crippen LogP contribution in [0.4, 0.5) is 5.69 Å². The molecule has 0 aliphatic carbocycles. The quantitative estimate of drug-likeness (QED) is 0.796. The van der Waals surface area contributed by atoms with Crippen LogP contribution in [0.15, 0.2) is 54.6 Å². The first-order valence-corrected chi connectivity index (χ1v) is 8.91. The Morgan fingerprint density at radius 3 is 2.19 bits per heavy atom. The molecule has 1 saturated heterocycles. The van der Waals surface area contributed by atoms with Crippen LogP contribution < -0.4 is 10.1 Å². The molecule has 6 heteroatoms. The van der Waals surface area contributed by atoms with Gasteiger partial charge < -0.3 is 15.2 Å². The van der Waals surface area contributed by atoms with Crippen LogP contribution >= 0.6 is 0 Å². The minimum Gasteiger partial charge on any atom is -0.457 e. The van der Waals surface area contributed by atoms with Gasteiger partial charge in [-0.3, -0.25) is 14.6 Å². The van der Waals surface area contributed by atoms with Crippen LogP contribution in [-0.4, -0.2) is 66.7 Å². The third-order valence-electron chi connectivity index (χ3n) is 4.37. The summed E-state index contributed by atoms with van der Waals surface area (Å²) in [5, 5.41) is 11.9. The van der Waals surface area contributed by atoms with Gasteiger partial charge in [-0.2, -0.15) is 0 Å². The van der Waals surface area contributed by atoms with E-state index in [1.165, 1.54) is 0 Å². The second-order valence-corrected chi connectivity index (χ2v) is 6.33. The number of carbonyl (C=O) groups is 1. The molecule has 2 N–H and O–H groups in total. The van der Waals surface area contributed by atoms with Crippen LogP contribution in [0.2, 0.25) is 0 Å². The molecule has 2 aromatic rings. The van der Waals surface area contributed by atoms with Gasteiger partial charge in [0.1, 0.15) is 11.5 Å². The summed E-state index contributed by atoms with van der Waals surface area (Å²) in [5.74, 6) is 1.50. The Morgan fingerprint density at radius 2 is 1.54 bits per heavy atom. The Morgan fingerprint density at radius 1 is 0.923 bits per heavy atom. The number of rotatable bonds is 7. The van der Waals surface area contributed by atoms with Crippen molar-refractivity contribution in [1.29, 1.82) is 0 Å². The molecule has 2 aromatic carbocycles. The smallest absolute Gasteiger partial charge is 0.238 e. The van der Waals surface area contributed by atoms with Gasteiger partial charge >= 0.3 is 0 Å². The van der Waals surface area contributed by atoms with Crippen LogP contribution in [0.3, 0.4) is 0 Å². The molecule has 0 bridgehead atoms. The number of hydrogen-bond donors (Lipinski definition) is 2. The number of carbonyl (C=O) groups excluding carboxylic acids is 1. The fourth-order valence-electron chi connectivity index (χ4n) is 2.95. The van der Waals surface area contributed by atoms with E-state index in [1.807, 2.05) is 54.6 Å². The lowest BCUT2D eigenvalue weighted by molar-refractivity contribution is -0.117. The second-order valence-electron chi connectivity index (χ2n) is 6.33. The molecule has 1 aliphatic rings. The predicted octanol–water partition coefficient (Wildman–Crippen LogP) is 2.03. The van der Waals surface area contributed by atoms with Crippen molar-refractivity contribution in [3.8, 4) is 11.5 Å². The maximum absolute atomic E-state index is 12.2. The average molecular weight is 355 g/mol. The van der Waals surface area contributed by atoms with Crippen LogP contribution in [0.25, 0.3) is 0 Å². The van der Waals surface area contributed by atoms with Crippen LogP contribution in [0.5, 0.6) is 11.5 Å². The molecule has 1 heterocycles. The minimum absolute atomic E-state index is 0.0164.